The monoisotopic (exact) mass is 506 g/mol. The molecule has 0 bridgehead atoms. The van der Waals surface area contributed by atoms with E-state index in [1.54, 1.807) is 0 Å². The molecule has 10 atom stereocenters. The molecule has 0 saturated carbocycles. The first kappa shape index (κ1) is 31.2. The first-order chi connectivity index (χ1) is 12.5. The van der Waals surface area contributed by atoms with Crippen LogP contribution in [0.2, 0.25) is 0 Å². The number of aliphatic hydroxyl groups is 7. The van der Waals surface area contributed by atoms with E-state index in [-0.39, 0.29) is 75.5 Å². The molecule has 17 heteroatoms. The van der Waals surface area contributed by atoms with Crippen LogP contribution < -0.4 is 0 Å². The molecule has 2 saturated heterocycles. The van der Waals surface area contributed by atoms with Crippen LogP contribution in [0.4, 0.5) is 0 Å². The van der Waals surface area contributed by atoms with Crippen molar-refractivity contribution in [2.24, 2.45) is 0 Å². The Labute approximate surface area is 224 Å². The number of aliphatic hydroxyl groups excluding tert-OH is 7. The number of rotatable bonds is 6. The fraction of sp³-hybridized carbons (Fsp3) is 1.00. The van der Waals surface area contributed by atoms with E-state index in [9.17, 15) is 40.3 Å². The number of hydrogen-bond donors (Lipinski definition) is 9. The van der Waals surface area contributed by atoms with E-state index in [0.717, 1.165) is 0 Å². The zero-order chi connectivity index (χ0) is 20.5. The molecule has 168 valence electrons. The predicted octanol–water partition coefficient (Wildman–Crippen LogP) is -7.11. The molecule has 2 rings (SSSR count). The summed E-state index contributed by atoms with van der Waals surface area (Å²) in [4.78, 5) is 17.4. The fourth-order valence-electron chi connectivity index (χ4n) is 2.73. The van der Waals surface area contributed by atoms with Gasteiger partial charge in [0.15, 0.2) is 12.6 Å². The third kappa shape index (κ3) is 8.19. The number of phosphoric ester groups is 1. The van der Waals surface area contributed by atoms with Crippen LogP contribution in [0.3, 0.4) is 0 Å². The van der Waals surface area contributed by atoms with Gasteiger partial charge in [0.05, 0.1) is 13.2 Å². The van der Waals surface area contributed by atoms with Crippen LogP contribution in [0.25, 0.3) is 0 Å². The summed E-state index contributed by atoms with van der Waals surface area (Å²) in [5.74, 6) is 0. The molecule has 2 aliphatic rings. The van der Waals surface area contributed by atoms with Crippen LogP contribution in [0.15, 0.2) is 0 Å². The second-order valence-corrected chi connectivity index (χ2v) is 7.37. The molecule has 0 spiro atoms. The summed E-state index contributed by atoms with van der Waals surface area (Å²) in [5, 5.41) is 68.1. The van der Waals surface area contributed by atoms with Crippen molar-refractivity contribution in [1.82, 2.24) is 0 Å². The van der Waals surface area contributed by atoms with Gasteiger partial charge in [-0.1, -0.05) is 0 Å². The molecular weight excluding hydrogens is 479 g/mol. The Hall–Kier alpha value is 2.23. The van der Waals surface area contributed by atoms with Gasteiger partial charge in [-0.2, -0.15) is 0 Å². The third-order valence-electron chi connectivity index (χ3n) is 4.21. The summed E-state index contributed by atoms with van der Waals surface area (Å²) in [6, 6.07) is 0. The minimum absolute atomic E-state index is 0. The van der Waals surface area contributed by atoms with Crippen molar-refractivity contribution >= 4 is 83.3 Å². The van der Waals surface area contributed by atoms with E-state index in [2.05, 4.69) is 4.52 Å². The summed E-state index contributed by atoms with van der Waals surface area (Å²) in [6.45, 7) is -1.63. The molecule has 2 heterocycles. The molecule has 0 aromatic carbocycles. The Morgan fingerprint density at radius 2 is 1.38 bits per heavy atom. The molecule has 2 aliphatic heterocycles. The molecule has 0 aliphatic carbocycles. The van der Waals surface area contributed by atoms with Gasteiger partial charge in [-0.25, -0.2) is 4.57 Å². The van der Waals surface area contributed by atoms with Crippen molar-refractivity contribution in [1.29, 1.82) is 0 Å². The van der Waals surface area contributed by atoms with Crippen molar-refractivity contribution in [2.75, 3.05) is 13.2 Å². The van der Waals surface area contributed by atoms with Crippen LogP contribution in [0, 0.1) is 0 Å². The van der Waals surface area contributed by atoms with Gasteiger partial charge in [-0.3, -0.25) is 4.52 Å². The van der Waals surface area contributed by atoms with Gasteiger partial charge in [0, 0.05) is 0 Å². The normalized spacial score (nSPS) is 43.2. The molecule has 9 N–H and O–H groups in total. The summed E-state index contributed by atoms with van der Waals surface area (Å²) in [6.07, 6.45) is -17.1. The van der Waals surface area contributed by atoms with Gasteiger partial charge >= 0.3 is 83.3 Å². The SMILES string of the molecule is O=P(O)(O)OC[C@H]1O[C@@H](O[C@H]2[C@H](O)[C@@H](O)[C@@H](O)O[C@@H]2CO)[C@H](O)[C@@H](O)[C@H]1O.[CaH2].[CaH2]. The standard InChI is InChI=1S/C12H23O14P.2Ca.4H/c13-1-3-10(7(16)8(17)11(19)24-3)26-12-9(18)6(15)5(14)4(25-12)2-23-27(20,21)22;;;;;;/h3-19H,1-2H2,(H2,20,21,22);;;;;;/t3-,4-,5+,6+,7-,8-,9-,10-,11+,12+;;;;;;/m1....../s1. The van der Waals surface area contributed by atoms with Crippen LogP contribution >= 0.6 is 7.82 Å². The van der Waals surface area contributed by atoms with E-state index < -0.39 is 82.4 Å². The third-order valence-corrected chi connectivity index (χ3v) is 4.69. The van der Waals surface area contributed by atoms with Crippen LogP contribution in [0.5, 0.6) is 0 Å². The van der Waals surface area contributed by atoms with E-state index >= 15 is 0 Å². The van der Waals surface area contributed by atoms with Crippen molar-refractivity contribution in [3.63, 3.8) is 0 Å². The van der Waals surface area contributed by atoms with Crippen molar-refractivity contribution in [3.8, 4) is 0 Å². The second-order valence-electron chi connectivity index (χ2n) is 6.13. The van der Waals surface area contributed by atoms with E-state index in [4.69, 9.17) is 24.0 Å². The van der Waals surface area contributed by atoms with Gasteiger partial charge in [-0.05, 0) is 0 Å². The molecule has 2 fully saturated rings. The Balaban J connectivity index is 0.00000392. The first-order valence-corrected chi connectivity index (χ1v) is 9.35. The van der Waals surface area contributed by atoms with Crippen molar-refractivity contribution in [3.05, 3.63) is 0 Å². The molecule has 0 aromatic heterocycles. The molecule has 0 amide bonds. The fourth-order valence-corrected chi connectivity index (χ4v) is 3.07. The Morgan fingerprint density at radius 3 is 1.90 bits per heavy atom. The summed E-state index contributed by atoms with van der Waals surface area (Å²) < 4.78 is 30.3. The number of phosphoric acid groups is 1. The Kier molecular flexibility index (Phi) is 14.2. The van der Waals surface area contributed by atoms with Crippen LogP contribution in [-0.2, 0) is 23.3 Å². The van der Waals surface area contributed by atoms with Crippen LogP contribution in [0.1, 0.15) is 0 Å². The summed E-state index contributed by atoms with van der Waals surface area (Å²) >= 11 is 0. The van der Waals surface area contributed by atoms with E-state index in [0.29, 0.717) is 0 Å². The molecular formula is C12H27Ca2O14P. The summed E-state index contributed by atoms with van der Waals surface area (Å²) in [7, 11) is -4.92. The van der Waals surface area contributed by atoms with Crippen LogP contribution in [-0.4, -0.2) is 196 Å². The predicted molar refractivity (Wildman–Crippen MR) is 96.6 cm³/mol. The molecule has 0 aromatic rings. The topological polar surface area (TPSA) is 236 Å². The van der Waals surface area contributed by atoms with Gasteiger partial charge in [0.2, 0.25) is 0 Å². The Morgan fingerprint density at radius 1 is 0.793 bits per heavy atom. The zero-order valence-electron chi connectivity index (χ0n) is 13.7. The minimum atomic E-state index is -4.92. The molecule has 14 nitrogen and oxygen atoms in total. The van der Waals surface area contributed by atoms with Gasteiger partial charge in [-0.15, -0.1) is 0 Å². The van der Waals surface area contributed by atoms with Crippen molar-refractivity contribution < 1.29 is 68.8 Å². The summed E-state index contributed by atoms with van der Waals surface area (Å²) in [5.41, 5.74) is 0. The molecule has 0 radical (unpaired) electrons. The zero-order valence-corrected chi connectivity index (χ0v) is 14.6. The van der Waals surface area contributed by atoms with E-state index in [1.165, 1.54) is 0 Å². The number of hydrogen-bond acceptors (Lipinski definition) is 12. The average Bonchev–Trinajstić information content (AvgIpc) is 2.60. The maximum absolute atomic E-state index is 10.8. The van der Waals surface area contributed by atoms with Crippen molar-refractivity contribution in [2.45, 2.75) is 61.4 Å². The maximum atomic E-state index is 10.8. The molecule has 0 unspecified atom stereocenters. The van der Waals surface area contributed by atoms with Gasteiger partial charge in [0.25, 0.3) is 0 Å². The number of ether oxygens (including phenoxy) is 3. The van der Waals surface area contributed by atoms with Gasteiger partial charge in [0.1, 0.15) is 48.8 Å². The molecule has 29 heavy (non-hydrogen) atoms. The quantitative estimate of drug-likeness (QED) is 0.120. The van der Waals surface area contributed by atoms with Gasteiger partial charge < -0.3 is 59.7 Å². The first-order valence-electron chi connectivity index (χ1n) is 7.82. The Bertz CT molecular complexity index is 537. The average molecular weight is 506 g/mol. The second kappa shape index (κ2) is 13.2. The van der Waals surface area contributed by atoms with E-state index in [1.807, 2.05) is 0 Å².